The van der Waals surface area contributed by atoms with Gasteiger partial charge in [-0.3, -0.25) is 9.88 Å². The molecule has 4 rings (SSSR count). The number of aliphatic carboxylic acids is 2. The van der Waals surface area contributed by atoms with Gasteiger partial charge in [0.25, 0.3) is 0 Å². The van der Waals surface area contributed by atoms with E-state index in [1.807, 2.05) is 12.4 Å². The van der Waals surface area contributed by atoms with Gasteiger partial charge in [0.05, 0.1) is 6.61 Å². The molecule has 2 aromatic rings. The average Bonchev–Trinajstić information content (AvgIpc) is 3.46. The monoisotopic (exact) mass is 542 g/mol. The Kier molecular flexibility index (Phi) is 10.7. The molecule has 3 heterocycles. The van der Waals surface area contributed by atoms with Crippen LogP contribution < -0.4 is 0 Å². The van der Waals surface area contributed by atoms with E-state index in [0.717, 1.165) is 45.2 Å². The van der Waals surface area contributed by atoms with Gasteiger partial charge in [-0.15, -0.1) is 0 Å². The third-order valence-electron chi connectivity index (χ3n) is 5.09. The number of thiophene rings is 1. The SMILES string of the molecule is O=C(O)C(F)(F)F.O=C(O)C(F)(F)F.c1cc(CN2CCc3c(COCC4CC4)cncc3C2)cs1. The number of carboxylic acids is 2. The molecular weight excluding hydrogens is 518 g/mol. The summed E-state index contributed by atoms with van der Waals surface area (Å²) in [5.41, 5.74) is 5.58. The molecule has 7 nitrogen and oxygen atoms in total. The molecule has 2 aromatic heterocycles. The molecular formula is C22H24F6N2O5S. The van der Waals surface area contributed by atoms with E-state index < -0.39 is 24.3 Å². The molecule has 36 heavy (non-hydrogen) atoms. The van der Waals surface area contributed by atoms with Crippen LogP contribution in [-0.4, -0.2) is 57.5 Å². The lowest BCUT2D eigenvalue weighted by atomic mass is 9.97. The Morgan fingerprint density at radius 1 is 1.08 bits per heavy atom. The zero-order chi connectivity index (χ0) is 26.9. The molecule has 0 amide bonds. The van der Waals surface area contributed by atoms with Gasteiger partial charge in [-0.2, -0.15) is 37.7 Å². The fraction of sp³-hybridized carbons (Fsp3) is 0.500. The fourth-order valence-corrected chi connectivity index (χ4v) is 3.81. The van der Waals surface area contributed by atoms with E-state index in [9.17, 15) is 26.3 Å². The van der Waals surface area contributed by atoms with Crippen molar-refractivity contribution in [3.8, 4) is 0 Å². The molecule has 0 bridgehead atoms. The first kappa shape index (κ1) is 29.5. The minimum Gasteiger partial charge on any atom is -0.475 e. The van der Waals surface area contributed by atoms with Crippen LogP contribution in [0.3, 0.4) is 0 Å². The van der Waals surface area contributed by atoms with Crippen LogP contribution in [0.15, 0.2) is 29.2 Å². The molecule has 2 N–H and O–H groups in total. The second-order valence-corrected chi connectivity index (χ2v) is 8.87. The number of nitrogens with zero attached hydrogens (tertiary/aromatic N) is 2. The van der Waals surface area contributed by atoms with Crippen molar-refractivity contribution in [2.24, 2.45) is 5.92 Å². The van der Waals surface area contributed by atoms with E-state index in [1.54, 1.807) is 11.3 Å². The number of halogens is 6. The number of hydrogen-bond acceptors (Lipinski definition) is 6. The standard InChI is InChI=1S/C18H22N2OS.2C2HF3O2/c1-2-14(1)11-21-12-17-8-19-7-16-10-20(5-3-18(16)17)9-15-4-6-22-13-15;2*3-2(4,5)1(6)7/h4,6-8,13-14H,1-3,5,9-12H2;2*(H,6,7). The molecule has 0 atom stereocenters. The number of hydrogen-bond donors (Lipinski definition) is 2. The van der Waals surface area contributed by atoms with Crippen molar-refractivity contribution in [3.05, 3.63) is 51.5 Å². The molecule has 0 spiro atoms. The molecule has 0 unspecified atom stereocenters. The maximum atomic E-state index is 10.6. The van der Waals surface area contributed by atoms with Crippen LogP contribution in [0.5, 0.6) is 0 Å². The van der Waals surface area contributed by atoms with E-state index >= 15 is 0 Å². The van der Waals surface area contributed by atoms with Gasteiger partial charge < -0.3 is 14.9 Å². The number of fused-ring (bicyclic) bond motifs is 1. The van der Waals surface area contributed by atoms with Gasteiger partial charge in [-0.25, -0.2) is 9.59 Å². The molecule has 200 valence electrons. The van der Waals surface area contributed by atoms with E-state index in [2.05, 4.69) is 26.7 Å². The van der Waals surface area contributed by atoms with Crippen molar-refractivity contribution in [2.75, 3.05) is 13.2 Å². The third kappa shape index (κ3) is 10.5. The summed E-state index contributed by atoms with van der Waals surface area (Å²) >= 11 is 1.78. The Hall–Kier alpha value is -2.71. The molecule has 14 heteroatoms. The van der Waals surface area contributed by atoms with E-state index in [-0.39, 0.29) is 0 Å². The highest BCUT2D eigenvalue weighted by Gasteiger charge is 2.38. The van der Waals surface area contributed by atoms with E-state index in [4.69, 9.17) is 24.5 Å². The van der Waals surface area contributed by atoms with Gasteiger partial charge in [0, 0.05) is 38.6 Å². The second kappa shape index (κ2) is 13.0. The van der Waals surface area contributed by atoms with E-state index in [0.29, 0.717) is 0 Å². The quantitative estimate of drug-likeness (QED) is 0.501. The van der Waals surface area contributed by atoms with Crippen LogP contribution in [0.25, 0.3) is 0 Å². The van der Waals surface area contributed by atoms with Gasteiger partial charge in [-0.1, -0.05) is 0 Å². The molecule has 0 radical (unpaired) electrons. The summed E-state index contributed by atoms with van der Waals surface area (Å²) < 4.78 is 69.3. The van der Waals surface area contributed by atoms with Crippen LogP contribution in [0, 0.1) is 5.92 Å². The molecule has 1 aliphatic carbocycles. The van der Waals surface area contributed by atoms with E-state index in [1.165, 1.54) is 35.1 Å². The summed E-state index contributed by atoms with van der Waals surface area (Å²) in [4.78, 5) is 24.7. The van der Waals surface area contributed by atoms with Crippen LogP contribution in [-0.2, 0) is 40.4 Å². The number of ether oxygens (including phenoxy) is 1. The summed E-state index contributed by atoms with van der Waals surface area (Å²) in [5.74, 6) is -4.69. The predicted octanol–water partition coefficient (Wildman–Crippen LogP) is 4.89. The number of carbonyl (C=O) groups is 2. The highest BCUT2D eigenvalue weighted by molar-refractivity contribution is 7.07. The Balaban J connectivity index is 0.000000271. The number of pyridine rings is 1. The summed E-state index contributed by atoms with van der Waals surface area (Å²) in [6, 6.07) is 2.22. The van der Waals surface area contributed by atoms with Crippen LogP contribution in [0.1, 0.15) is 35.1 Å². The molecule has 0 saturated heterocycles. The Bertz CT molecular complexity index is 970. The highest BCUT2D eigenvalue weighted by atomic mass is 32.1. The lowest BCUT2D eigenvalue weighted by Gasteiger charge is -2.29. The van der Waals surface area contributed by atoms with Gasteiger partial charge in [0.2, 0.25) is 0 Å². The van der Waals surface area contributed by atoms with Crippen LogP contribution in [0.4, 0.5) is 26.3 Å². The minimum absolute atomic E-state index is 0.733. The van der Waals surface area contributed by atoms with Crippen molar-refractivity contribution in [1.82, 2.24) is 9.88 Å². The number of aromatic nitrogens is 1. The Morgan fingerprint density at radius 2 is 1.69 bits per heavy atom. The number of rotatable bonds is 6. The van der Waals surface area contributed by atoms with Crippen molar-refractivity contribution >= 4 is 23.3 Å². The topological polar surface area (TPSA) is 100.0 Å². The second-order valence-electron chi connectivity index (χ2n) is 8.09. The summed E-state index contributed by atoms with van der Waals surface area (Å²) in [6.07, 6.45) is -2.31. The van der Waals surface area contributed by atoms with Crippen molar-refractivity contribution in [1.29, 1.82) is 0 Å². The van der Waals surface area contributed by atoms with Crippen molar-refractivity contribution in [2.45, 2.75) is 51.3 Å². The number of alkyl halides is 6. The predicted molar refractivity (Wildman–Crippen MR) is 116 cm³/mol. The van der Waals surface area contributed by atoms with Gasteiger partial charge in [0.1, 0.15) is 0 Å². The first-order valence-corrected chi connectivity index (χ1v) is 11.6. The lowest BCUT2D eigenvalue weighted by molar-refractivity contribution is -0.193. The Morgan fingerprint density at radius 3 is 2.19 bits per heavy atom. The van der Waals surface area contributed by atoms with Crippen LogP contribution >= 0.6 is 11.3 Å². The molecule has 2 aliphatic rings. The summed E-state index contributed by atoms with van der Waals surface area (Å²) in [6.45, 7) is 4.84. The average molecular weight is 542 g/mol. The van der Waals surface area contributed by atoms with Crippen LogP contribution in [0.2, 0.25) is 0 Å². The zero-order valence-electron chi connectivity index (χ0n) is 18.8. The molecule has 1 aliphatic heterocycles. The van der Waals surface area contributed by atoms with Gasteiger partial charge in [0.15, 0.2) is 0 Å². The van der Waals surface area contributed by atoms with Crippen molar-refractivity contribution in [3.63, 3.8) is 0 Å². The number of carboxylic acid groups (broad SMARTS) is 2. The normalized spacial score (nSPS) is 15.6. The lowest BCUT2D eigenvalue weighted by Crippen LogP contribution is -2.30. The maximum Gasteiger partial charge on any atom is 0.490 e. The summed E-state index contributed by atoms with van der Waals surface area (Å²) in [7, 11) is 0. The first-order valence-electron chi connectivity index (χ1n) is 10.6. The molecule has 1 saturated carbocycles. The maximum absolute atomic E-state index is 10.6. The van der Waals surface area contributed by atoms with Gasteiger partial charge >= 0.3 is 24.3 Å². The largest absolute Gasteiger partial charge is 0.490 e. The third-order valence-corrected chi connectivity index (χ3v) is 5.82. The first-order chi connectivity index (χ1) is 16.8. The molecule has 1 fully saturated rings. The van der Waals surface area contributed by atoms with Gasteiger partial charge in [-0.05, 0) is 64.3 Å². The minimum atomic E-state index is -5.08. The fourth-order valence-electron chi connectivity index (χ4n) is 3.15. The smallest absolute Gasteiger partial charge is 0.475 e. The Labute approximate surface area is 206 Å². The molecule has 0 aromatic carbocycles. The summed E-state index contributed by atoms with van der Waals surface area (Å²) in [5, 5.41) is 18.7. The van der Waals surface area contributed by atoms with Crippen molar-refractivity contribution < 1.29 is 50.9 Å². The zero-order valence-corrected chi connectivity index (χ0v) is 19.6. The highest BCUT2D eigenvalue weighted by Crippen LogP contribution is 2.30.